The Kier molecular flexibility index (Phi) is 4.80. The van der Waals surface area contributed by atoms with Gasteiger partial charge in [0.15, 0.2) is 9.84 Å². The molecule has 0 radical (unpaired) electrons. The average molecular weight is 323 g/mol. The van der Waals surface area contributed by atoms with E-state index in [9.17, 15) is 13.2 Å². The number of amides is 1. The van der Waals surface area contributed by atoms with Crippen LogP contribution in [0, 0.1) is 0 Å². The number of hydrogen-bond donors (Lipinski definition) is 1. The molecule has 6 heteroatoms. The molecule has 0 fully saturated rings. The first kappa shape index (κ1) is 15.7. The SMILES string of the molecule is CC(NC(=O)Cc1cccs1)c1ccc(S(C)(=O)=O)cc1. The highest BCUT2D eigenvalue weighted by Crippen LogP contribution is 2.17. The van der Waals surface area contributed by atoms with Gasteiger partial charge in [0.25, 0.3) is 0 Å². The summed E-state index contributed by atoms with van der Waals surface area (Å²) in [7, 11) is -3.19. The van der Waals surface area contributed by atoms with E-state index in [4.69, 9.17) is 0 Å². The number of carbonyl (C=O) groups excluding carboxylic acids is 1. The van der Waals surface area contributed by atoms with E-state index in [2.05, 4.69) is 5.32 Å². The molecule has 1 aromatic carbocycles. The highest BCUT2D eigenvalue weighted by atomic mass is 32.2. The smallest absolute Gasteiger partial charge is 0.225 e. The summed E-state index contributed by atoms with van der Waals surface area (Å²) in [5.41, 5.74) is 0.877. The molecule has 4 nitrogen and oxygen atoms in total. The number of hydrogen-bond acceptors (Lipinski definition) is 4. The van der Waals surface area contributed by atoms with Gasteiger partial charge in [-0.25, -0.2) is 8.42 Å². The van der Waals surface area contributed by atoms with Crippen molar-refractivity contribution in [3.63, 3.8) is 0 Å². The van der Waals surface area contributed by atoms with Gasteiger partial charge in [0, 0.05) is 11.1 Å². The second-order valence-electron chi connectivity index (χ2n) is 4.89. The van der Waals surface area contributed by atoms with Gasteiger partial charge in [0.05, 0.1) is 17.4 Å². The Hall–Kier alpha value is -1.66. The van der Waals surface area contributed by atoms with Gasteiger partial charge < -0.3 is 5.32 Å². The Morgan fingerprint density at radius 2 is 1.90 bits per heavy atom. The predicted octanol–water partition coefficient (Wildman–Crippen LogP) is 2.57. The zero-order valence-corrected chi connectivity index (χ0v) is 13.5. The van der Waals surface area contributed by atoms with E-state index >= 15 is 0 Å². The molecule has 0 bridgehead atoms. The van der Waals surface area contributed by atoms with Crippen molar-refractivity contribution in [1.29, 1.82) is 0 Å². The molecule has 1 aromatic heterocycles. The van der Waals surface area contributed by atoms with E-state index < -0.39 is 9.84 Å². The predicted molar refractivity (Wildman–Crippen MR) is 84.1 cm³/mol. The minimum absolute atomic E-state index is 0.0443. The van der Waals surface area contributed by atoms with Crippen LogP contribution in [-0.2, 0) is 21.1 Å². The quantitative estimate of drug-likeness (QED) is 0.920. The first-order chi connectivity index (χ1) is 9.86. The summed E-state index contributed by atoms with van der Waals surface area (Å²) >= 11 is 1.55. The number of benzene rings is 1. The van der Waals surface area contributed by atoms with Crippen LogP contribution in [0.25, 0.3) is 0 Å². The highest BCUT2D eigenvalue weighted by Gasteiger charge is 2.12. The fraction of sp³-hybridized carbons (Fsp3) is 0.267. The Balaban J connectivity index is 2.00. The monoisotopic (exact) mass is 323 g/mol. The van der Waals surface area contributed by atoms with Crippen molar-refractivity contribution in [3.8, 4) is 0 Å². The Labute approximate surface area is 128 Å². The molecular formula is C15H17NO3S2. The van der Waals surface area contributed by atoms with Crippen molar-refractivity contribution in [1.82, 2.24) is 5.32 Å². The van der Waals surface area contributed by atoms with Gasteiger partial charge >= 0.3 is 0 Å². The second-order valence-corrected chi connectivity index (χ2v) is 7.93. The lowest BCUT2D eigenvalue weighted by molar-refractivity contribution is -0.121. The highest BCUT2D eigenvalue weighted by molar-refractivity contribution is 7.90. The van der Waals surface area contributed by atoms with Crippen LogP contribution in [0.15, 0.2) is 46.7 Å². The summed E-state index contributed by atoms with van der Waals surface area (Å²) < 4.78 is 22.8. The van der Waals surface area contributed by atoms with E-state index in [-0.39, 0.29) is 16.8 Å². The van der Waals surface area contributed by atoms with Gasteiger partial charge in [0.1, 0.15) is 0 Å². The maximum atomic E-state index is 11.9. The molecule has 1 N–H and O–H groups in total. The fourth-order valence-corrected chi connectivity index (χ4v) is 3.28. The third-order valence-electron chi connectivity index (χ3n) is 3.10. The molecule has 21 heavy (non-hydrogen) atoms. The molecule has 1 amide bonds. The minimum atomic E-state index is -3.19. The third-order valence-corrected chi connectivity index (χ3v) is 5.11. The van der Waals surface area contributed by atoms with Crippen LogP contribution in [-0.4, -0.2) is 20.6 Å². The number of thiophene rings is 1. The molecule has 1 heterocycles. The largest absolute Gasteiger partial charge is 0.349 e. The van der Waals surface area contributed by atoms with Crippen molar-refractivity contribution >= 4 is 27.1 Å². The van der Waals surface area contributed by atoms with Crippen LogP contribution < -0.4 is 5.32 Å². The van der Waals surface area contributed by atoms with E-state index in [1.54, 1.807) is 35.6 Å². The number of rotatable bonds is 5. The molecule has 0 aliphatic heterocycles. The van der Waals surface area contributed by atoms with Crippen LogP contribution >= 0.6 is 11.3 Å². The molecule has 0 aliphatic carbocycles. The molecule has 2 rings (SSSR count). The van der Waals surface area contributed by atoms with E-state index in [1.807, 2.05) is 24.4 Å². The van der Waals surface area contributed by atoms with Crippen molar-refractivity contribution in [2.45, 2.75) is 24.3 Å². The molecule has 2 aromatic rings. The van der Waals surface area contributed by atoms with Crippen molar-refractivity contribution in [3.05, 3.63) is 52.2 Å². The molecule has 1 unspecified atom stereocenters. The van der Waals surface area contributed by atoms with E-state index in [1.165, 1.54) is 6.26 Å². The van der Waals surface area contributed by atoms with Gasteiger partial charge in [-0.3, -0.25) is 4.79 Å². The summed E-state index contributed by atoms with van der Waals surface area (Å²) in [6, 6.07) is 10.3. The van der Waals surface area contributed by atoms with E-state index in [0.717, 1.165) is 10.4 Å². The number of carbonyl (C=O) groups is 1. The topological polar surface area (TPSA) is 63.2 Å². The second kappa shape index (κ2) is 6.41. The lowest BCUT2D eigenvalue weighted by Crippen LogP contribution is -2.27. The third kappa shape index (κ3) is 4.41. The lowest BCUT2D eigenvalue weighted by atomic mass is 10.1. The summed E-state index contributed by atoms with van der Waals surface area (Å²) in [5.74, 6) is -0.0443. The van der Waals surface area contributed by atoms with Crippen LogP contribution in [0.2, 0.25) is 0 Å². The maximum Gasteiger partial charge on any atom is 0.225 e. The maximum absolute atomic E-state index is 11.9. The van der Waals surface area contributed by atoms with Crippen molar-refractivity contribution in [2.24, 2.45) is 0 Å². The molecule has 0 aliphatic rings. The molecule has 1 atom stereocenters. The van der Waals surface area contributed by atoms with Gasteiger partial charge in [-0.1, -0.05) is 18.2 Å². The Morgan fingerprint density at radius 1 is 1.24 bits per heavy atom. The summed E-state index contributed by atoms with van der Waals surface area (Å²) in [6.07, 6.45) is 1.54. The zero-order chi connectivity index (χ0) is 15.5. The summed E-state index contributed by atoms with van der Waals surface area (Å²) in [5, 5.41) is 4.85. The van der Waals surface area contributed by atoms with Gasteiger partial charge in [-0.15, -0.1) is 11.3 Å². The molecule has 0 saturated carbocycles. The van der Waals surface area contributed by atoms with Crippen LogP contribution in [0.1, 0.15) is 23.4 Å². The van der Waals surface area contributed by atoms with Crippen molar-refractivity contribution in [2.75, 3.05) is 6.26 Å². The Morgan fingerprint density at radius 3 is 2.43 bits per heavy atom. The van der Waals surface area contributed by atoms with Crippen LogP contribution in [0.4, 0.5) is 0 Å². The normalized spacial score (nSPS) is 12.9. The number of nitrogens with one attached hydrogen (secondary N) is 1. The molecule has 0 spiro atoms. The number of sulfone groups is 1. The van der Waals surface area contributed by atoms with Crippen LogP contribution in [0.3, 0.4) is 0 Å². The summed E-state index contributed by atoms with van der Waals surface area (Å²) in [6.45, 7) is 1.88. The van der Waals surface area contributed by atoms with Crippen molar-refractivity contribution < 1.29 is 13.2 Å². The zero-order valence-electron chi connectivity index (χ0n) is 11.9. The average Bonchev–Trinajstić information content (AvgIpc) is 2.90. The van der Waals surface area contributed by atoms with Gasteiger partial charge in [0.2, 0.25) is 5.91 Å². The molecule has 112 valence electrons. The molecular weight excluding hydrogens is 306 g/mol. The first-order valence-corrected chi connectivity index (χ1v) is 9.25. The first-order valence-electron chi connectivity index (χ1n) is 6.48. The van der Waals surface area contributed by atoms with Gasteiger partial charge in [-0.05, 0) is 36.1 Å². The standard InChI is InChI=1S/C15H17NO3S2/c1-11(16-15(17)10-13-4-3-9-20-13)12-5-7-14(8-6-12)21(2,18)19/h3-9,11H,10H2,1-2H3,(H,16,17). The summed E-state index contributed by atoms with van der Waals surface area (Å²) in [4.78, 5) is 13.2. The Bertz CT molecular complexity index is 704. The fourth-order valence-electron chi connectivity index (χ4n) is 1.95. The van der Waals surface area contributed by atoms with Crippen LogP contribution in [0.5, 0.6) is 0 Å². The minimum Gasteiger partial charge on any atom is -0.349 e. The lowest BCUT2D eigenvalue weighted by Gasteiger charge is -2.14. The molecule has 0 saturated heterocycles. The van der Waals surface area contributed by atoms with E-state index in [0.29, 0.717) is 6.42 Å². The van der Waals surface area contributed by atoms with Gasteiger partial charge in [-0.2, -0.15) is 0 Å².